The summed E-state index contributed by atoms with van der Waals surface area (Å²) < 4.78 is 0. The van der Waals surface area contributed by atoms with Crippen LogP contribution in [0, 0.1) is 6.92 Å². The van der Waals surface area contributed by atoms with Gasteiger partial charge in [-0.3, -0.25) is 14.4 Å². The zero-order chi connectivity index (χ0) is 24.6. The van der Waals surface area contributed by atoms with E-state index in [9.17, 15) is 14.4 Å². The zero-order valence-corrected chi connectivity index (χ0v) is 20.7. The van der Waals surface area contributed by atoms with Crippen LogP contribution >= 0.6 is 11.3 Å². The molecule has 0 bridgehead atoms. The standard InChI is InChI=1S/C28H31N3O3S/c1-20-13-15-22(16-14-20)26(28(34)30-23-10-5-6-11-23)31(19-21-8-3-2-4-9-21)25(32)18-29-27(33)24-12-7-17-35-24/h2-4,7-9,12-17,23,26H,5-6,10-11,18-19H2,1H3,(H,29,33)(H,30,34)/t26-/m0/s1. The third kappa shape index (κ3) is 6.57. The highest BCUT2D eigenvalue weighted by molar-refractivity contribution is 7.12. The highest BCUT2D eigenvalue weighted by Gasteiger charge is 2.33. The van der Waals surface area contributed by atoms with Crippen molar-refractivity contribution < 1.29 is 14.4 Å². The molecule has 2 N–H and O–H groups in total. The molecule has 0 saturated heterocycles. The molecule has 0 spiro atoms. The van der Waals surface area contributed by atoms with Gasteiger partial charge < -0.3 is 15.5 Å². The molecule has 0 unspecified atom stereocenters. The summed E-state index contributed by atoms with van der Waals surface area (Å²) >= 11 is 1.32. The summed E-state index contributed by atoms with van der Waals surface area (Å²) in [5.41, 5.74) is 2.74. The third-order valence-electron chi connectivity index (χ3n) is 6.32. The number of rotatable bonds is 9. The molecule has 1 aliphatic rings. The van der Waals surface area contributed by atoms with Gasteiger partial charge in [-0.15, -0.1) is 11.3 Å². The normalized spacial score (nSPS) is 14.3. The minimum atomic E-state index is -0.803. The Bertz CT molecular complexity index is 1120. The maximum Gasteiger partial charge on any atom is 0.261 e. The van der Waals surface area contributed by atoms with Crippen LogP contribution in [0.25, 0.3) is 0 Å². The number of thiophene rings is 1. The van der Waals surface area contributed by atoms with Gasteiger partial charge in [0.05, 0.1) is 11.4 Å². The number of nitrogens with one attached hydrogen (secondary N) is 2. The predicted molar refractivity (Wildman–Crippen MR) is 138 cm³/mol. The average molecular weight is 490 g/mol. The second kappa shape index (κ2) is 11.8. The molecule has 2 aromatic carbocycles. The first kappa shape index (κ1) is 24.7. The summed E-state index contributed by atoms with van der Waals surface area (Å²) in [5.74, 6) is -0.796. The van der Waals surface area contributed by atoms with E-state index in [0.717, 1.165) is 42.4 Å². The minimum absolute atomic E-state index is 0.127. The van der Waals surface area contributed by atoms with Crippen LogP contribution in [0.15, 0.2) is 72.1 Å². The first-order chi connectivity index (χ1) is 17.0. The highest BCUT2D eigenvalue weighted by Crippen LogP contribution is 2.26. The number of amides is 3. The lowest BCUT2D eigenvalue weighted by Gasteiger charge is -2.32. The van der Waals surface area contributed by atoms with Gasteiger partial charge in [-0.1, -0.05) is 79.1 Å². The lowest BCUT2D eigenvalue weighted by atomic mass is 10.0. The molecular weight excluding hydrogens is 458 g/mol. The van der Waals surface area contributed by atoms with Gasteiger partial charge in [-0.2, -0.15) is 0 Å². The van der Waals surface area contributed by atoms with Crippen LogP contribution in [0.3, 0.4) is 0 Å². The van der Waals surface area contributed by atoms with Crippen molar-refractivity contribution in [2.24, 2.45) is 0 Å². The van der Waals surface area contributed by atoms with E-state index in [0.29, 0.717) is 4.88 Å². The van der Waals surface area contributed by atoms with E-state index in [-0.39, 0.29) is 36.9 Å². The topological polar surface area (TPSA) is 78.5 Å². The molecule has 1 fully saturated rings. The molecule has 1 aromatic heterocycles. The quantitative estimate of drug-likeness (QED) is 0.461. The van der Waals surface area contributed by atoms with E-state index in [1.807, 2.05) is 66.9 Å². The SMILES string of the molecule is Cc1ccc([C@@H](C(=O)NC2CCCC2)N(Cc2ccccc2)C(=O)CNC(=O)c2cccs2)cc1. The van der Waals surface area contributed by atoms with Gasteiger partial charge in [-0.05, 0) is 42.3 Å². The van der Waals surface area contributed by atoms with E-state index in [2.05, 4.69) is 10.6 Å². The predicted octanol–water partition coefficient (Wildman–Crippen LogP) is 4.62. The second-order valence-electron chi connectivity index (χ2n) is 8.97. The molecule has 0 radical (unpaired) electrons. The van der Waals surface area contributed by atoms with Crippen LogP contribution in [0.2, 0.25) is 0 Å². The van der Waals surface area contributed by atoms with Crippen molar-refractivity contribution in [3.8, 4) is 0 Å². The molecule has 1 saturated carbocycles. The van der Waals surface area contributed by atoms with Crippen molar-refractivity contribution in [2.45, 2.75) is 51.2 Å². The average Bonchev–Trinajstić information content (AvgIpc) is 3.58. The maximum absolute atomic E-state index is 13.7. The van der Waals surface area contributed by atoms with E-state index in [4.69, 9.17) is 0 Å². The van der Waals surface area contributed by atoms with Crippen LogP contribution < -0.4 is 10.6 Å². The van der Waals surface area contributed by atoms with Crippen molar-refractivity contribution >= 4 is 29.1 Å². The largest absolute Gasteiger partial charge is 0.351 e. The Labute approximate surface area is 210 Å². The van der Waals surface area contributed by atoms with Gasteiger partial charge in [-0.25, -0.2) is 0 Å². The Kier molecular flexibility index (Phi) is 8.32. The lowest BCUT2D eigenvalue weighted by Crippen LogP contribution is -2.48. The Balaban J connectivity index is 1.62. The first-order valence-electron chi connectivity index (χ1n) is 12.0. The molecule has 6 nitrogen and oxygen atoms in total. The fourth-order valence-corrected chi connectivity index (χ4v) is 5.07. The number of aryl methyl sites for hydroxylation is 1. The van der Waals surface area contributed by atoms with Crippen LogP contribution in [0.1, 0.15) is 58.1 Å². The second-order valence-corrected chi connectivity index (χ2v) is 9.92. The molecule has 1 heterocycles. The van der Waals surface area contributed by atoms with Gasteiger partial charge in [0.25, 0.3) is 5.91 Å². The van der Waals surface area contributed by atoms with Crippen LogP contribution in [-0.2, 0) is 16.1 Å². The summed E-state index contributed by atoms with van der Waals surface area (Å²) in [6.45, 7) is 2.05. The van der Waals surface area contributed by atoms with Crippen molar-refractivity contribution in [1.82, 2.24) is 15.5 Å². The monoisotopic (exact) mass is 489 g/mol. The lowest BCUT2D eigenvalue weighted by molar-refractivity contribution is -0.141. The van der Waals surface area contributed by atoms with Crippen molar-refractivity contribution in [3.63, 3.8) is 0 Å². The van der Waals surface area contributed by atoms with Gasteiger partial charge in [0.15, 0.2) is 0 Å². The van der Waals surface area contributed by atoms with Crippen molar-refractivity contribution in [3.05, 3.63) is 93.7 Å². The minimum Gasteiger partial charge on any atom is -0.351 e. The Morgan fingerprint density at radius 1 is 0.971 bits per heavy atom. The van der Waals surface area contributed by atoms with E-state index >= 15 is 0 Å². The number of hydrogen-bond acceptors (Lipinski definition) is 4. The molecule has 0 aliphatic heterocycles. The van der Waals surface area contributed by atoms with Gasteiger partial charge in [0.1, 0.15) is 6.04 Å². The molecule has 1 aliphatic carbocycles. The van der Waals surface area contributed by atoms with Crippen molar-refractivity contribution in [2.75, 3.05) is 6.54 Å². The molecular formula is C28H31N3O3S. The van der Waals surface area contributed by atoms with E-state index < -0.39 is 6.04 Å². The van der Waals surface area contributed by atoms with Crippen LogP contribution in [0.5, 0.6) is 0 Å². The van der Waals surface area contributed by atoms with Crippen molar-refractivity contribution in [1.29, 1.82) is 0 Å². The molecule has 3 amide bonds. The number of carbonyl (C=O) groups excluding carboxylic acids is 3. The van der Waals surface area contributed by atoms with E-state index in [1.165, 1.54) is 11.3 Å². The summed E-state index contributed by atoms with van der Waals surface area (Å²) in [7, 11) is 0. The third-order valence-corrected chi connectivity index (χ3v) is 7.18. The zero-order valence-electron chi connectivity index (χ0n) is 19.9. The molecule has 3 aromatic rings. The van der Waals surface area contributed by atoms with Gasteiger partial charge >= 0.3 is 0 Å². The fourth-order valence-electron chi connectivity index (χ4n) is 4.43. The number of benzene rings is 2. The summed E-state index contributed by atoms with van der Waals surface area (Å²) in [4.78, 5) is 41.8. The summed E-state index contributed by atoms with van der Waals surface area (Å²) in [5, 5.41) is 7.73. The number of nitrogens with zero attached hydrogens (tertiary/aromatic N) is 1. The molecule has 7 heteroatoms. The maximum atomic E-state index is 13.7. The Morgan fingerprint density at radius 2 is 1.69 bits per heavy atom. The molecule has 1 atom stereocenters. The fraction of sp³-hybridized carbons (Fsp3) is 0.321. The molecule has 4 rings (SSSR count). The highest BCUT2D eigenvalue weighted by atomic mass is 32.1. The molecule has 182 valence electrons. The van der Waals surface area contributed by atoms with Gasteiger partial charge in [0.2, 0.25) is 11.8 Å². The first-order valence-corrected chi connectivity index (χ1v) is 12.9. The summed E-state index contributed by atoms with van der Waals surface area (Å²) in [6.07, 6.45) is 4.11. The number of hydrogen-bond donors (Lipinski definition) is 2. The Morgan fingerprint density at radius 3 is 2.34 bits per heavy atom. The number of carbonyl (C=O) groups is 3. The van der Waals surface area contributed by atoms with Crippen LogP contribution in [0.4, 0.5) is 0 Å². The summed E-state index contributed by atoms with van der Waals surface area (Å²) in [6, 6.07) is 20.2. The molecule has 35 heavy (non-hydrogen) atoms. The van der Waals surface area contributed by atoms with Crippen LogP contribution in [-0.4, -0.2) is 35.2 Å². The van der Waals surface area contributed by atoms with Gasteiger partial charge in [0, 0.05) is 12.6 Å². The Hall–Kier alpha value is -3.45. The van der Waals surface area contributed by atoms with E-state index in [1.54, 1.807) is 17.0 Å². The smallest absolute Gasteiger partial charge is 0.261 e.